The van der Waals surface area contributed by atoms with Crippen molar-refractivity contribution in [3.05, 3.63) is 18.2 Å². The maximum atomic E-state index is 12.1. The second kappa shape index (κ2) is 13.7. The van der Waals surface area contributed by atoms with Crippen molar-refractivity contribution in [3.63, 3.8) is 0 Å². The molecule has 0 radical (unpaired) electrons. The molecule has 0 bridgehead atoms. The number of ether oxygens (including phenoxy) is 5. The first-order chi connectivity index (χ1) is 16.2. The van der Waals surface area contributed by atoms with E-state index in [9.17, 15) is 18.0 Å². The molecule has 188 valence electrons. The molecule has 0 amide bonds. The van der Waals surface area contributed by atoms with Gasteiger partial charge in [0.15, 0.2) is 11.5 Å². The van der Waals surface area contributed by atoms with Crippen LogP contribution in [0.25, 0.3) is 0 Å². The molecule has 1 heterocycles. The van der Waals surface area contributed by atoms with E-state index >= 15 is 0 Å². The standard InChI is InChI=1S/C23H31NO9S/c1-18(25)33-20(16-30-19-11-12-21-22(15-19)32-17-31-21)9-8-14-24(34(3,27)28)13-7-5-4-6-10-23(26)29-2/h11-12,15,20H,4,6,8-10,13-14,16-17H2,1-3H3. The molecule has 0 saturated carbocycles. The molecule has 0 fully saturated rings. The normalized spacial score (nSPS) is 13.1. The predicted octanol–water partition coefficient (Wildman–Crippen LogP) is 2.11. The number of unbranched alkanes of at least 4 members (excludes halogenated alkanes) is 1. The van der Waals surface area contributed by atoms with Crippen LogP contribution in [0.15, 0.2) is 18.2 Å². The number of rotatable bonds is 13. The van der Waals surface area contributed by atoms with Gasteiger partial charge in [0.05, 0.1) is 19.9 Å². The number of fused-ring (bicyclic) bond motifs is 1. The first-order valence-corrected chi connectivity index (χ1v) is 12.7. The van der Waals surface area contributed by atoms with Crippen LogP contribution in [0.5, 0.6) is 17.2 Å². The van der Waals surface area contributed by atoms with Crippen molar-refractivity contribution < 1.29 is 41.7 Å². The summed E-state index contributed by atoms with van der Waals surface area (Å²) in [7, 11) is -2.14. The Balaban J connectivity index is 1.83. The summed E-state index contributed by atoms with van der Waals surface area (Å²) in [5.74, 6) is 6.72. The van der Waals surface area contributed by atoms with Gasteiger partial charge in [0.1, 0.15) is 18.5 Å². The first kappa shape index (κ1) is 27.3. The fraction of sp³-hybridized carbons (Fsp3) is 0.565. The number of carbonyl (C=O) groups is 2. The minimum atomic E-state index is -3.47. The van der Waals surface area contributed by atoms with E-state index in [0.29, 0.717) is 42.9 Å². The van der Waals surface area contributed by atoms with E-state index in [4.69, 9.17) is 18.9 Å². The number of hydrogen-bond donors (Lipinski definition) is 0. The molecule has 0 saturated heterocycles. The molecule has 34 heavy (non-hydrogen) atoms. The zero-order chi connectivity index (χ0) is 25.0. The number of methoxy groups -OCH3 is 1. The lowest BCUT2D eigenvalue weighted by atomic mass is 10.2. The molecule has 10 nitrogen and oxygen atoms in total. The maximum Gasteiger partial charge on any atom is 0.305 e. The van der Waals surface area contributed by atoms with Crippen molar-refractivity contribution in [3.8, 4) is 29.1 Å². The highest BCUT2D eigenvalue weighted by molar-refractivity contribution is 7.88. The maximum absolute atomic E-state index is 12.1. The minimum absolute atomic E-state index is 0.0446. The van der Waals surface area contributed by atoms with E-state index < -0.39 is 22.1 Å². The lowest BCUT2D eigenvalue weighted by Gasteiger charge is -2.21. The van der Waals surface area contributed by atoms with Gasteiger partial charge < -0.3 is 23.7 Å². The zero-order valence-electron chi connectivity index (χ0n) is 19.7. The molecule has 2 rings (SSSR count). The highest BCUT2D eigenvalue weighted by atomic mass is 32.2. The summed E-state index contributed by atoms with van der Waals surface area (Å²) in [6.45, 7) is 1.84. The van der Waals surface area contributed by atoms with Crippen molar-refractivity contribution in [2.75, 3.05) is 39.9 Å². The summed E-state index contributed by atoms with van der Waals surface area (Å²) in [5, 5.41) is 0. The van der Waals surface area contributed by atoms with Crippen LogP contribution in [0.3, 0.4) is 0 Å². The zero-order valence-corrected chi connectivity index (χ0v) is 20.5. The van der Waals surface area contributed by atoms with Crippen molar-refractivity contribution in [1.29, 1.82) is 0 Å². The van der Waals surface area contributed by atoms with Crippen LogP contribution in [0.1, 0.15) is 39.0 Å². The molecule has 11 heteroatoms. The molecule has 1 aliphatic rings. The van der Waals surface area contributed by atoms with E-state index in [-0.39, 0.29) is 38.9 Å². The molecular formula is C23H31NO9S. The summed E-state index contributed by atoms with van der Waals surface area (Å²) in [6.07, 6.45) is 2.71. The average Bonchev–Trinajstić information content (AvgIpc) is 3.24. The van der Waals surface area contributed by atoms with Crippen LogP contribution >= 0.6 is 0 Å². The SMILES string of the molecule is COC(=O)CCCC#CCN(CCCC(COc1ccc2c(c1)OCO2)OC(C)=O)S(C)(=O)=O. The summed E-state index contributed by atoms with van der Waals surface area (Å²) >= 11 is 0. The Morgan fingerprint density at radius 1 is 1.18 bits per heavy atom. The monoisotopic (exact) mass is 497 g/mol. The highest BCUT2D eigenvalue weighted by Crippen LogP contribution is 2.35. The molecule has 0 spiro atoms. The fourth-order valence-corrected chi connectivity index (χ4v) is 3.84. The van der Waals surface area contributed by atoms with Gasteiger partial charge in [-0.25, -0.2) is 8.42 Å². The Morgan fingerprint density at radius 2 is 1.94 bits per heavy atom. The molecule has 1 aliphatic heterocycles. The van der Waals surface area contributed by atoms with Crippen molar-refractivity contribution in [2.24, 2.45) is 0 Å². The first-order valence-electron chi connectivity index (χ1n) is 10.9. The molecule has 0 N–H and O–H groups in total. The summed E-state index contributed by atoms with van der Waals surface area (Å²) in [4.78, 5) is 22.6. The third-order valence-corrected chi connectivity index (χ3v) is 6.06. The second-order valence-electron chi connectivity index (χ2n) is 7.58. The van der Waals surface area contributed by atoms with Gasteiger partial charge in [0.2, 0.25) is 16.8 Å². The van der Waals surface area contributed by atoms with Gasteiger partial charge in [-0.3, -0.25) is 9.59 Å². The third kappa shape index (κ3) is 9.89. The van der Waals surface area contributed by atoms with Crippen molar-refractivity contribution in [2.45, 2.75) is 45.1 Å². The molecule has 0 aliphatic carbocycles. The average molecular weight is 498 g/mol. The van der Waals surface area contributed by atoms with Gasteiger partial charge in [-0.15, -0.1) is 5.92 Å². The fourth-order valence-electron chi connectivity index (χ4n) is 3.08. The number of sulfonamides is 1. The molecule has 1 atom stereocenters. The Kier molecular flexibility index (Phi) is 11.0. The van der Waals surface area contributed by atoms with Gasteiger partial charge >= 0.3 is 11.9 Å². The van der Waals surface area contributed by atoms with Gasteiger partial charge in [0, 0.05) is 32.4 Å². The van der Waals surface area contributed by atoms with Gasteiger partial charge in [-0.2, -0.15) is 4.31 Å². The summed E-state index contributed by atoms with van der Waals surface area (Å²) < 4.78 is 51.7. The predicted molar refractivity (Wildman–Crippen MR) is 123 cm³/mol. The van der Waals surface area contributed by atoms with Crippen LogP contribution < -0.4 is 14.2 Å². The van der Waals surface area contributed by atoms with Gasteiger partial charge in [-0.1, -0.05) is 5.92 Å². The number of hydrogen-bond acceptors (Lipinski definition) is 9. The van der Waals surface area contributed by atoms with Crippen LogP contribution in [0.2, 0.25) is 0 Å². The number of carbonyl (C=O) groups excluding carboxylic acids is 2. The van der Waals surface area contributed by atoms with Crippen molar-refractivity contribution in [1.82, 2.24) is 4.31 Å². The van der Waals surface area contributed by atoms with E-state index in [1.54, 1.807) is 18.2 Å². The molecule has 1 aromatic carbocycles. The minimum Gasteiger partial charge on any atom is -0.490 e. The lowest BCUT2D eigenvalue weighted by Crippen LogP contribution is -2.32. The third-order valence-electron chi connectivity index (χ3n) is 4.81. The Labute approximate surface area is 200 Å². The number of benzene rings is 1. The van der Waals surface area contributed by atoms with Gasteiger partial charge in [-0.05, 0) is 31.4 Å². The smallest absolute Gasteiger partial charge is 0.305 e. The largest absolute Gasteiger partial charge is 0.490 e. The lowest BCUT2D eigenvalue weighted by molar-refractivity contribution is -0.148. The molecule has 0 aromatic heterocycles. The Bertz CT molecular complexity index is 997. The van der Waals surface area contributed by atoms with Crippen LogP contribution in [-0.4, -0.2) is 70.6 Å². The molecule has 1 aromatic rings. The Morgan fingerprint density at radius 3 is 2.65 bits per heavy atom. The highest BCUT2D eigenvalue weighted by Gasteiger charge is 2.19. The van der Waals surface area contributed by atoms with E-state index in [1.165, 1.54) is 18.3 Å². The summed E-state index contributed by atoms with van der Waals surface area (Å²) in [5.41, 5.74) is 0. The quantitative estimate of drug-likeness (QED) is 0.229. The van der Waals surface area contributed by atoms with Crippen LogP contribution in [-0.2, 0) is 29.1 Å². The van der Waals surface area contributed by atoms with Crippen molar-refractivity contribution >= 4 is 22.0 Å². The van der Waals surface area contributed by atoms with E-state index in [2.05, 4.69) is 16.6 Å². The second-order valence-corrected chi connectivity index (χ2v) is 9.56. The molecule has 1 unspecified atom stereocenters. The molecular weight excluding hydrogens is 466 g/mol. The topological polar surface area (TPSA) is 118 Å². The van der Waals surface area contributed by atoms with E-state index in [1.807, 2.05) is 0 Å². The van der Waals surface area contributed by atoms with Crippen LogP contribution in [0, 0.1) is 11.8 Å². The Hall–Kier alpha value is -2.97. The van der Waals surface area contributed by atoms with Gasteiger partial charge in [0.25, 0.3) is 0 Å². The summed E-state index contributed by atoms with van der Waals surface area (Å²) in [6, 6.07) is 5.16. The number of esters is 2. The number of nitrogens with zero attached hydrogens (tertiary/aromatic N) is 1. The van der Waals surface area contributed by atoms with E-state index in [0.717, 1.165) is 6.26 Å². The van der Waals surface area contributed by atoms with Crippen LogP contribution in [0.4, 0.5) is 0 Å².